The van der Waals surface area contributed by atoms with E-state index in [1.165, 1.54) is 24.0 Å². The molecule has 1 saturated carbocycles. The highest BCUT2D eigenvalue weighted by atomic mass is 16.3. The second-order valence-corrected chi connectivity index (χ2v) is 11.0. The van der Waals surface area contributed by atoms with E-state index in [0.29, 0.717) is 23.0 Å². The zero-order valence-corrected chi connectivity index (χ0v) is 22.7. The van der Waals surface area contributed by atoms with Gasteiger partial charge in [-0.3, -0.25) is 0 Å². The smallest absolute Gasteiger partial charge is 0.118 e. The Kier molecular flexibility index (Phi) is 7.73. The number of aromatic hydroxyl groups is 4. The van der Waals surface area contributed by atoms with Crippen molar-refractivity contribution < 1.29 is 20.4 Å². The summed E-state index contributed by atoms with van der Waals surface area (Å²) in [5.41, 5.74) is 6.43. The number of aryl methyl sites for hydroxylation is 2. The average molecular weight is 511 g/mol. The molecule has 0 aromatic heterocycles. The molecule has 1 aliphatic carbocycles. The molecular weight excluding hydrogens is 472 g/mol. The maximum Gasteiger partial charge on any atom is 0.118 e. The van der Waals surface area contributed by atoms with Gasteiger partial charge in [0.05, 0.1) is 0 Å². The first-order chi connectivity index (χ1) is 18.0. The van der Waals surface area contributed by atoms with Gasteiger partial charge in [0, 0.05) is 10.8 Å². The Morgan fingerprint density at radius 2 is 0.921 bits per heavy atom. The highest BCUT2D eigenvalue weighted by molar-refractivity contribution is 5.47. The highest BCUT2D eigenvalue weighted by Gasteiger charge is 2.37. The predicted octanol–water partition coefficient (Wildman–Crippen LogP) is 8.00. The summed E-state index contributed by atoms with van der Waals surface area (Å²) in [7, 11) is 0. The molecule has 4 heteroatoms. The molecule has 1 aliphatic rings. The first kappa shape index (κ1) is 27.1. The van der Waals surface area contributed by atoms with E-state index in [-0.39, 0.29) is 10.8 Å². The zero-order valence-electron chi connectivity index (χ0n) is 22.7. The van der Waals surface area contributed by atoms with Gasteiger partial charge in [0.1, 0.15) is 23.0 Å². The van der Waals surface area contributed by atoms with Crippen LogP contribution in [0.5, 0.6) is 23.0 Å². The molecule has 4 aromatic rings. The Labute approximate surface area is 225 Å². The third-order valence-corrected chi connectivity index (χ3v) is 8.13. The van der Waals surface area contributed by atoms with Gasteiger partial charge in [-0.2, -0.15) is 0 Å². The van der Waals surface area contributed by atoms with Gasteiger partial charge >= 0.3 is 0 Å². The van der Waals surface area contributed by atoms with Crippen molar-refractivity contribution in [3.05, 3.63) is 118 Å². The minimum atomic E-state index is -0.170. The van der Waals surface area contributed by atoms with Crippen molar-refractivity contribution in [3.8, 4) is 23.0 Å². The quantitative estimate of drug-likeness (QED) is 0.224. The van der Waals surface area contributed by atoms with Gasteiger partial charge in [-0.25, -0.2) is 0 Å². The van der Waals surface area contributed by atoms with Crippen molar-refractivity contribution in [2.45, 2.75) is 64.2 Å². The summed E-state index contributed by atoms with van der Waals surface area (Å²) >= 11 is 0. The predicted molar refractivity (Wildman–Crippen MR) is 153 cm³/mol. The van der Waals surface area contributed by atoms with Gasteiger partial charge in [0.2, 0.25) is 0 Å². The first-order valence-corrected chi connectivity index (χ1v) is 13.2. The Morgan fingerprint density at radius 3 is 1.26 bits per heavy atom. The topological polar surface area (TPSA) is 80.9 Å². The van der Waals surface area contributed by atoms with E-state index in [0.717, 1.165) is 35.1 Å². The normalized spacial score (nSPS) is 14.5. The second kappa shape index (κ2) is 10.8. The summed E-state index contributed by atoms with van der Waals surface area (Å²) in [6.45, 7) is 8.09. The largest absolute Gasteiger partial charge is 0.508 e. The number of phenolic OH excluding ortho intramolecular Hbond substituents is 4. The molecule has 1 fully saturated rings. The first-order valence-electron chi connectivity index (χ1n) is 13.2. The van der Waals surface area contributed by atoms with Gasteiger partial charge in [-0.1, -0.05) is 75.2 Å². The average Bonchev–Trinajstić information content (AvgIpc) is 3.39. The van der Waals surface area contributed by atoms with Crippen LogP contribution in [0.25, 0.3) is 0 Å². The lowest BCUT2D eigenvalue weighted by molar-refractivity contribution is 0.469. The lowest BCUT2D eigenvalue weighted by atomic mass is 9.73. The van der Waals surface area contributed by atoms with Crippen LogP contribution in [0.4, 0.5) is 0 Å². The minimum Gasteiger partial charge on any atom is -0.508 e. The van der Waals surface area contributed by atoms with E-state index in [1.54, 1.807) is 36.4 Å². The minimum absolute atomic E-state index is 0.0431. The van der Waals surface area contributed by atoms with Crippen molar-refractivity contribution in [1.29, 1.82) is 0 Å². The maximum atomic E-state index is 9.63. The number of hydrogen-bond acceptors (Lipinski definition) is 4. The Hall–Kier alpha value is -3.92. The third kappa shape index (κ3) is 5.50. The van der Waals surface area contributed by atoms with Crippen molar-refractivity contribution in [2.24, 2.45) is 0 Å². The summed E-state index contributed by atoms with van der Waals surface area (Å²) in [4.78, 5) is 0. The van der Waals surface area contributed by atoms with Crippen molar-refractivity contribution in [2.75, 3.05) is 0 Å². The molecule has 5 rings (SSSR count). The van der Waals surface area contributed by atoms with Crippen LogP contribution in [-0.4, -0.2) is 20.4 Å². The molecule has 0 aliphatic heterocycles. The van der Waals surface area contributed by atoms with Crippen LogP contribution in [-0.2, 0) is 10.8 Å². The summed E-state index contributed by atoms with van der Waals surface area (Å²) in [6, 6.07) is 26.5. The van der Waals surface area contributed by atoms with Crippen LogP contribution in [0.3, 0.4) is 0 Å². The maximum absolute atomic E-state index is 9.63. The van der Waals surface area contributed by atoms with Crippen molar-refractivity contribution >= 4 is 0 Å². The monoisotopic (exact) mass is 510 g/mol. The van der Waals surface area contributed by atoms with Crippen LogP contribution < -0.4 is 0 Å². The van der Waals surface area contributed by atoms with Crippen LogP contribution in [0.1, 0.15) is 72.9 Å². The molecule has 0 amide bonds. The van der Waals surface area contributed by atoms with E-state index in [9.17, 15) is 20.4 Å². The molecule has 0 radical (unpaired) electrons. The Bertz CT molecular complexity index is 1280. The molecule has 4 aromatic carbocycles. The van der Waals surface area contributed by atoms with Crippen molar-refractivity contribution in [3.63, 3.8) is 0 Å². The van der Waals surface area contributed by atoms with Crippen LogP contribution in [0, 0.1) is 13.8 Å². The summed E-state index contributed by atoms with van der Waals surface area (Å²) < 4.78 is 0. The SMILES string of the molecule is Cc1cc(C(C)(C)c2ccc(O)c(C)c2)ccc1O.Oc1ccc(C2(c3ccc(O)cc3)CCCC2)cc1. The number of hydrogen-bond donors (Lipinski definition) is 4. The molecular formula is C34H38O4. The molecule has 198 valence electrons. The van der Waals surface area contributed by atoms with Crippen LogP contribution in [0.2, 0.25) is 0 Å². The van der Waals surface area contributed by atoms with Gasteiger partial charge in [0.25, 0.3) is 0 Å². The summed E-state index contributed by atoms with van der Waals surface area (Å²) in [6.07, 6.45) is 4.70. The van der Waals surface area contributed by atoms with E-state index < -0.39 is 0 Å². The number of rotatable bonds is 4. The molecule has 0 saturated heterocycles. The lowest BCUT2D eigenvalue weighted by Gasteiger charge is -2.30. The van der Waals surface area contributed by atoms with Crippen molar-refractivity contribution in [1.82, 2.24) is 0 Å². The fourth-order valence-corrected chi connectivity index (χ4v) is 5.54. The van der Waals surface area contributed by atoms with Crippen LogP contribution in [0.15, 0.2) is 84.9 Å². The molecule has 4 N–H and O–H groups in total. The third-order valence-electron chi connectivity index (χ3n) is 8.13. The molecule has 0 spiro atoms. The van der Waals surface area contributed by atoms with Gasteiger partial charge in [0.15, 0.2) is 0 Å². The summed E-state index contributed by atoms with van der Waals surface area (Å²) in [5.74, 6) is 1.26. The number of phenols is 4. The van der Waals surface area contributed by atoms with Gasteiger partial charge in [-0.15, -0.1) is 0 Å². The Morgan fingerprint density at radius 1 is 0.553 bits per heavy atom. The van der Waals surface area contributed by atoms with Gasteiger partial charge in [-0.05, 0) is 96.5 Å². The second-order valence-electron chi connectivity index (χ2n) is 11.0. The standard InChI is InChI=1S/C17H18O2.C17H20O2/c18-15-7-3-13(4-8-15)17(11-1-2-12-17)14-5-9-16(19)10-6-14;1-11-9-13(5-7-15(11)18)17(3,4)14-6-8-16(19)12(2)10-14/h3-10,18-19H,1-2,11-12H2;5-10,18-19H,1-4H3. The summed E-state index contributed by atoms with van der Waals surface area (Å²) in [5, 5.41) is 38.2. The molecule has 0 atom stereocenters. The molecule has 0 bridgehead atoms. The molecule has 0 unspecified atom stereocenters. The van der Waals surface area contributed by atoms with E-state index in [1.807, 2.05) is 62.4 Å². The molecule has 0 heterocycles. The van der Waals surface area contributed by atoms with E-state index in [4.69, 9.17) is 0 Å². The van der Waals surface area contributed by atoms with E-state index in [2.05, 4.69) is 13.8 Å². The van der Waals surface area contributed by atoms with Gasteiger partial charge < -0.3 is 20.4 Å². The Balaban J connectivity index is 0.000000177. The molecule has 38 heavy (non-hydrogen) atoms. The molecule has 4 nitrogen and oxygen atoms in total. The lowest BCUT2D eigenvalue weighted by Crippen LogP contribution is -2.23. The highest BCUT2D eigenvalue weighted by Crippen LogP contribution is 2.47. The fraction of sp³-hybridized carbons (Fsp3) is 0.294. The zero-order chi connectivity index (χ0) is 27.5. The van der Waals surface area contributed by atoms with Crippen LogP contribution >= 0.6 is 0 Å². The fourth-order valence-electron chi connectivity index (χ4n) is 5.54. The van der Waals surface area contributed by atoms with E-state index >= 15 is 0 Å². The number of benzene rings is 4.